The highest BCUT2D eigenvalue weighted by molar-refractivity contribution is 9.10. The molecular weight excluding hydrogens is 252 g/mol. The zero-order valence-electron chi connectivity index (χ0n) is 8.68. The Morgan fingerprint density at radius 3 is 3.13 bits per heavy atom. The molecule has 1 aromatic rings. The minimum absolute atomic E-state index is 0.117. The Balaban J connectivity index is 2.32. The van der Waals surface area contributed by atoms with Gasteiger partial charge in [-0.2, -0.15) is 5.26 Å². The van der Waals surface area contributed by atoms with Crippen LogP contribution in [-0.2, 0) is 5.41 Å². The van der Waals surface area contributed by atoms with Crippen molar-refractivity contribution in [2.75, 3.05) is 11.9 Å². The van der Waals surface area contributed by atoms with Crippen molar-refractivity contribution in [1.82, 2.24) is 0 Å². The molecule has 0 aliphatic carbocycles. The molecular formula is C12H13BrN2. The minimum Gasteiger partial charge on any atom is -0.384 e. The molecule has 3 heteroatoms. The number of hydrogen-bond donors (Lipinski definition) is 1. The third kappa shape index (κ3) is 1.87. The first kappa shape index (κ1) is 10.5. The first-order valence-corrected chi connectivity index (χ1v) is 5.86. The number of halogens is 1. The second-order valence-corrected chi connectivity index (χ2v) is 5.18. The van der Waals surface area contributed by atoms with Crippen LogP contribution in [0.15, 0.2) is 22.7 Å². The first-order valence-electron chi connectivity index (χ1n) is 5.06. The predicted molar refractivity (Wildman–Crippen MR) is 64.8 cm³/mol. The number of fused-ring (bicyclic) bond motifs is 1. The zero-order chi connectivity index (χ0) is 10.9. The van der Waals surface area contributed by atoms with Crippen LogP contribution in [0.3, 0.4) is 0 Å². The van der Waals surface area contributed by atoms with Gasteiger partial charge in [-0.25, -0.2) is 0 Å². The molecule has 1 unspecified atom stereocenters. The maximum Gasteiger partial charge on any atom is 0.0622 e. The van der Waals surface area contributed by atoms with E-state index in [1.165, 1.54) is 11.3 Å². The van der Waals surface area contributed by atoms with Gasteiger partial charge >= 0.3 is 0 Å². The fraction of sp³-hybridized carbons (Fsp3) is 0.417. The lowest BCUT2D eigenvalue weighted by Crippen LogP contribution is -2.23. The van der Waals surface area contributed by atoms with E-state index in [0.717, 1.165) is 17.4 Å². The Labute approximate surface area is 98.4 Å². The van der Waals surface area contributed by atoms with Crippen molar-refractivity contribution in [1.29, 1.82) is 5.26 Å². The Morgan fingerprint density at radius 1 is 1.60 bits per heavy atom. The number of anilines is 1. The molecule has 1 aliphatic heterocycles. The van der Waals surface area contributed by atoms with E-state index < -0.39 is 0 Å². The van der Waals surface area contributed by atoms with Crippen LogP contribution in [0.1, 0.15) is 25.3 Å². The largest absolute Gasteiger partial charge is 0.384 e. The monoisotopic (exact) mass is 264 g/mol. The average Bonchev–Trinajstić information content (AvgIpc) is 2.54. The SMILES string of the molecule is CC1(CCC#N)CNc2cc(Br)ccc21. The first-order chi connectivity index (χ1) is 7.15. The Bertz CT molecular complexity index is 422. The lowest BCUT2D eigenvalue weighted by molar-refractivity contribution is 0.485. The molecule has 0 radical (unpaired) electrons. The number of nitrogens with zero attached hydrogens (tertiary/aromatic N) is 1. The van der Waals surface area contributed by atoms with Gasteiger partial charge in [-0.1, -0.05) is 28.9 Å². The van der Waals surface area contributed by atoms with Gasteiger partial charge in [-0.05, 0) is 24.1 Å². The molecule has 0 saturated carbocycles. The molecule has 0 amide bonds. The van der Waals surface area contributed by atoms with Gasteiger partial charge in [-0.3, -0.25) is 0 Å². The molecule has 15 heavy (non-hydrogen) atoms. The number of nitriles is 1. The average molecular weight is 265 g/mol. The molecule has 0 aromatic heterocycles. The van der Waals surface area contributed by atoms with Gasteiger partial charge < -0.3 is 5.32 Å². The highest BCUT2D eigenvalue weighted by Gasteiger charge is 2.33. The smallest absolute Gasteiger partial charge is 0.0622 e. The molecule has 2 rings (SSSR count). The maximum absolute atomic E-state index is 8.66. The van der Waals surface area contributed by atoms with E-state index in [0.29, 0.717) is 6.42 Å². The summed E-state index contributed by atoms with van der Waals surface area (Å²) in [5, 5.41) is 12.1. The zero-order valence-corrected chi connectivity index (χ0v) is 10.3. The summed E-state index contributed by atoms with van der Waals surface area (Å²) in [6, 6.07) is 8.54. The molecule has 0 saturated heterocycles. The highest BCUT2D eigenvalue weighted by Crippen LogP contribution is 2.40. The minimum atomic E-state index is 0.117. The van der Waals surface area contributed by atoms with Gasteiger partial charge in [0, 0.05) is 28.5 Å². The van der Waals surface area contributed by atoms with E-state index in [4.69, 9.17) is 5.26 Å². The molecule has 0 spiro atoms. The van der Waals surface area contributed by atoms with Crippen LogP contribution in [0.2, 0.25) is 0 Å². The summed E-state index contributed by atoms with van der Waals surface area (Å²) in [6.07, 6.45) is 1.54. The van der Waals surface area contributed by atoms with E-state index in [2.05, 4.69) is 52.4 Å². The van der Waals surface area contributed by atoms with Crippen LogP contribution < -0.4 is 5.32 Å². The van der Waals surface area contributed by atoms with Gasteiger partial charge in [0.25, 0.3) is 0 Å². The Hall–Kier alpha value is -1.01. The second-order valence-electron chi connectivity index (χ2n) is 4.26. The maximum atomic E-state index is 8.66. The van der Waals surface area contributed by atoms with Crippen molar-refractivity contribution in [3.8, 4) is 6.07 Å². The summed E-state index contributed by atoms with van der Waals surface area (Å²) in [5.74, 6) is 0. The molecule has 2 nitrogen and oxygen atoms in total. The van der Waals surface area contributed by atoms with Crippen LogP contribution in [0.5, 0.6) is 0 Å². The third-order valence-corrected chi connectivity index (χ3v) is 3.58. The molecule has 78 valence electrons. The predicted octanol–water partition coefficient (Wildman–Crippen LogP) is 3.44. The lowest BCUT2D eigenvalue weighted by atomic mass is 9.80. The summed E-state index contributed by atoms with van der Waals surface area (Å²) in [5.41, 5.74) is 2.65. The van der Waals surface area contributed by atoms with Crippen LogP contribution >= 0.6 is 15.9 Å². The molecule has 1 aromatic carbocycles. The molecule has 0 bridgehead atoms. The summed E-state index contributed by atoms with van der Waals surface area (Å²) in [4.78, 5) is 0. The Morgan fingerprint density at radius 2 is 2.40 bits per heavy atom. The van der Waals surface area contributed by atoms with Crippen LogP contribution in [-0.4, -0.2) is 6.54 Å². The van der Waals surface area contributed by atoms with E-state index in [-0.39, 0.29) is 5.41 Å². The fourth-order valence-electron chi connectivity index (χ4n) is 2.13. The quantitative estimate of drug-likeness (QED) is 0.889. The number of rotatable bonds is 2. The van der Waals surface area contributed by atoms with Crippen LogP contribution in [0.25, 0.3) is 0 Å². The normalized spacial score (nSPS) is 23.0. The standard InChI is InChI=1S/C12H13BrN2/c1-12(5-2-6-14)8-15-11-7-9(13)3-4-10(11)12/h3-4,7,15H,2,5,8H2,1H3. The van der Waals surface area contributed by atoms with E-state index in [1.54, 1.807) is 0 Å². The topological polar surface area (TPSA) is 35.8 Å². The van der Waals surface area contributed by atoms with Gasteiger partial charge in [0.2, 0.25) is 0 Å². The molecule has 1 heterocycles. The third-order valence-electron chi connectivity index (χ3n) is 3.09. The van der Waals surface area contributed by atoms with Crippen molar-refractivity contribution in [3.63, 3.8) is 0 Å². The van der Waals surface area contributed by atoms with Gasteiger partial charge in [0.05, 0.1) is 6.07 Å². The van der Waals surface area contributed by atoms with E-state index in [9.17, 15) is 0 Å². The fourth-order valence-corrected chi connectivity index (χ4v) is 2.49. The van der Waals surface area contributed by atoms with Crippen molar-refractivity contribution in [2.45, 2.75) is 25.2 Å². The van der Waals surface area contributed by atoms with E-state index >= 15 is 0 Å². The van der Waals surface area contributed by atoms with Crippen molar-refractivity contribution in [2.24, 2.45) is 0 Å². The van der Waals surface area contributed by atoms with Crippen molar-refractivity contribution >= 4 is 21.6 Å². The molecule has 1 aliphatic rings. The molecule has 1 N–H and O–H groups in total. The van der Waals surface area contributed by atoms with Gasteiger partial charge in [-0.15, -0.1) is 0 Å². The Kier molecular flexibility index (Phi) is 2.70. The number of nitrogens with one attached hydrogen (secondary N) is 1. The summed E-state index contributed by atoms with van der Waals surface area (Å²) < 4.78 is 1.10. The van der Waals surface area contributed by atoms with Crippen LogP contribution in [0, 0.1) is 11.3 Å². The molecule has 0 fully saturated rings. The number of benzene rings is 1. The summed E-state index contributed by atoms with van der Waals surface area (Å²) in [7, 11) is 0. The van der Waals surface area contributed by atoms with Crippen LogP contribution in [0.4, 0.5) is 5.69 Å². The van der Waals surface area contributed by atoms with Crippen molar-refractivity contribution < 1.29 is 0 Å². The van der Waals surface area contributed by atoms with Crippen molar-refractivity contribution in [3.05, 3.63) is 28.2 Å². The van der Waals surface area contributed by atoms with Gasteiger partial charge in [0.15, 0.2) is 0 Å². The lowest BCUT2D eigenvalue weighted by Gasteiger charge is -2.22. The van der Waals surface area contributed by atoms with E-state index in [1.807, 2.05) is 0 Å². The summed E-state index contributed by atoms with van der Waals surface area (Å²) >= 11 is 3.46. The number of hydrogen-bond acceptors (Lipinski definition) is 2. The second kappa shape index (κ2) is 3.86. The molecule has 1 atom stereocenters. The van der Waals surface area contributed by atoms with Gasteiger partial charge in [0.1, 0.15) is 0 Å². The highest BCUT2D eigenvalue weighted by atomic mass is 79.9. The summed E-state index contributed by atoms with van der Waals surface area (Å²) in [6.45, 7) is 3.15.